The van der Waals surface area contributed by atoms with E-state index in [9.17, 15) is 20.1 Å². The molecule has 1 amide bonds. The number of nitrogens with zero attached hydrogens (tertiary/aromatic N) is 3. The van der Waals surface area contributed by atoms with E-state index in [4.69, 9.17) is 10.8 Å². The van der Waals surface area contributed by atoms with Crippen molar-refractivity contribution in [3.63, 3.8) is 0 Å². The molecule has 3 rings (SSSR count). The van der Waals surface area contributed by atoms with Crippen LogP contribution in [-0.2, 0) is 4.79 Å². The lowest BCUT2D eigenvalue weighted by atomic mass is 9.96. The number of aryl methyl sites for hydroxylation is 1. The molecular formula is C25H21N5O3S. The van der Waals surface area contributed by atoms with Gasteiger partial charge >= 0.3 is 5.97 Å². The van der Waals surface area contributed by atoms with Crippen molar-refractivity contribution in [1.82, 2.24) is 4.98 Å². The second-order valence-corrected chi connectivity index (χ2v) is 8.60. The van der Waals surface area contributed by atoms with Crippen molar-refractivity contribution in [2.24, 2.45) is 0 Å². The number of nitrogens with one attached hydrogen (secondary N) is 1. The highest BCUT2D eigenvalue weighted by atomic mass is 32.2. The average molecular weight is 472 g/mol. The number of carbonyl (C=O) groups is 2. The Kier molecular flexibility index (Phi) is 7.52. The number of amides is 1. The molecule has 170 valence electrons. The Morgan fingerprint density at radius 3 is 2.41 bits per heavy atom. The molecule has 1 heterocycles. The lowest BCUT2D eigenvalue weighted by Crippen LogP contribution is -2.25. The van der Waals surface area contributed by atoms with Gasteiger partial charge in [0.05, 0.1) is 16.4 Å². The SMILES string of the molecule is CCC(Sc1nc(N)c(C#N)c(-c2ccc(C)cc2)c1C#N)C(=O)Nc1cccc(C(=O)O)c1. The Hall–Kier alpha value is -4.34. The molecule has 1 unspecified atom stereocenters. The summed E-state index contributed by atoms with van der Waals surface area (Å²) >= 11 is 1.07. The maximum absolute atomic E-state index is 13.0. The first kappa shape index (κ1) is 24.3. The molecule has 0 fully saturated rings. The number of aromatic carboxylic acids is 1. The highest BCUT2D eigenvalue weighted by Gasteiger charge is 2.25. The fourth-order valence-corrected chi connectivity index (χ4v) is 4.32. The number of nitrogens with two attached hydrogens (primary N) is 1. The lowest BCUT2D eigenvalue weighted by Gasteiger charge is -2.18. The summed E-state index contributed by atoms with van der Waals surface area (Å²) < 4.78 is 0. The fourth-order valence-electron chi connectivity index (χ4n) is 3.30. The van der Waals surface area contributed by atoms with Crippen LogP contribution in [0.4, 0.5) is 11.5 Å². The van der Waals surface area contributed by atoms with Gasteiger partial charge in [0, 0.05) is 11.3 Å². The van der Waals surface area contributed by atoms with E-state index >= 15 is 0 Å². The van der Waals surface area contributed by atoms with Crippen molar-refractivity contribution in [2.45, 2.75) is 30.5 Å². The van der Waals surface area contributed by atoms with E-state index in [1.165, 1.54) is 18.2 Å². The number of benzene rings is 2. The van der Waals surface area contributed by atoms with Gasteiger partial charge < -0.3 is 16.2 Å². The molecule has 4 N–H and O–H groups in total. The molecule has 0 aliphatic heterocycles. The van der Waals surface area contributed by atoms with E-state index in [0.29, 0.717) is 23.2 Å². The van der Waals surface area contributed by atoms with Crippen LogP contribution in [0.1, 0.15) is 40.4 Å². The first-order chi connectivity index (χ1) is 16.3. The first-order valence-corrected chi connectivity index (χ1v) is 11.2. The second kappa shape index (κ2) is 10.5. The molecule has 3 aromatic rings. The van der Waals surface area contributed by atoms with E-state index in [2.05, 4.69) is 16.4 Å². The molecule has 1 atom stereocenters. The van der Waals surface area contributed by atoms with E-state index in [0.717, 1.165) is 17.3 Å². The zero-order valence-corrected chi connectivity index (χ0v) is 19.3. The number of carbonyl (C=O) groups excluding carboxylic acids is 1. The standard InChI is InChI=1S/C25H21N5O3S/c1-3-20(23(31)29-17-6-4-5-16(11-17)25(32)33)34-24-19(13-27)21(18(12-26)22(28)30-24)15-9-7-14(2)8-10-15/h4-11,20H,3H2,1-2H3,(H2,28,30)(H,29,31)(H,32,33). The van der Waals surface area contributed by atoms with Crippen LogP contribution >= 0.6 is 11.8 Å². The van der Waals surface area contributed by atoms with E-state index < -0.39 is 11.2 Å². The topological polar surface area (TPSA) is 153 Å². The quantitative estimate of drug-likeness (QED) is 0.423. The maximum Gasteiger partial charge on any atom is 0.335 e. The van der Waals surface area contributed by atoms with Crippen molar-refractivity contribution in [1.29, 1.82) is 10.5 Å². The summed E-state index contributed by atoms with van der Waals surface area (Å²) in [6.07, 6.45) is 0.404. The van der Waals surface area contributed by atoms with Crippen molar-refractivity contribution in [2.75, 3.05) is 11.1 Å². The highest BCUT2D eigenvalue weighted by molar-refractivity contribution is 8.00. The molecule has 0 bridgehead atoms. The summed E-state index contributed by atoms with van der Waals surface area (Å²) in [5.74, 6) is -1.50. The normalized spacial score (nSPS) is 11.2. The third kappa shape index (κ3) is 5.17. The Balaban J connectivity index is 1.99. The maximum atomic E-state index is 13.0. The number of nitrogen functional groups attached to an aromatic ring is 1. The number of thioether (sulfide) groups is 1. The predicted octanol–water partition coefficient (Wildman–Crippen LogP) is 4.59. The fraction of sp³-hybridized carbons (Fsp3) is 0.160. The largest absolute Gasteiger partial charge is 0.478 e. The number of aromatic nitrogens is 1. The van der Waals surface area contributed by atoms with Crippen LogP contribution in [0.5, 0.6) is 0 Å². The number of carboxylic acid groups (broad SMARTS) is 1. The van der Waals surface area contributed by atoms with Gasteiger partial charge in [-0.25, -0.2) is 9.78 Å². The smallest absolute Gasteiger partial charge is 0.335 e. The zero-order valence-electron chi connectivity index (χ0n) is 18.5. The number of anilines is 2. The molecule has 1 aromatic heterocycles. The Morgan fingerprint density at radius 2 is 1.82 bits per heavy atom. The Bertz CT molecular complexity index is 1340. The molecular weight excluding hydrogens is 450 g/mol. The molecule has 9 heteroatoms. The van der Waals surface area contributed by atoms with Crippen LogP contribution in [-0.4, -0.2) is 27.2 Å². The van der Waals surface area contributed by atoms with E-state index in [1.54, 1.807) is 18.2 Å². The number of nitriles is 2. The van der Waals surface area contributed by atoms with Crippen LogP contribution in [0, 0.1) is 29.6 Å². The number of pyridine rings is 1. The predicted molar refractivity (Wildman–Crippen MR) is 130 cm³/mol. The molecule has 0 spiro atoms. The minimum Gasteiger partial charge on any atom is -0.478 e. The Morgan fingerprint density at radius 1 is 1.15 bits per heavy atom. The van der Waals surface area contributed by atoms with Crippen LogP contribution in [0.2, 0.25) is 0 Å². The molecule has 0 aliphatic carbocycles. The van der Waals surface area contributed by atoms with Crippen molar-refractivity contribution in [3.8, 4) is 23.3 Å². The summed E-state index contributed by atoms with van der Waals surface area (Å²) in [7, 11) is 0. The van der Waals surface area contributed by atoms with Gasteiger partial charge in [0.2, 0.25) is 5.91 Å². The van der Waals surface area contributed by atoms with Gasteiger partial charge in [-0.3, -0.25) is 4.79 Å². The lowest BCUT2D eigenvalue weighted by molar-refractivity contribution is -0.115. The number of rotatable bonds is 7. The zero-order chi connectivity index (χ0) is 24.8. The number of carboxylic acids is 1. The summed E-state index contributed by atoms with van der Waals surface area (Å²) in [6, 6.07) is 17.5. The minimum atomic E-state index is -1.10. The summed E-state index contributed by atoms with van der Waals surface area (Å²) in [5, 5.41) is 31.1. The van der Waals surface area contributed by atoms with Gasteiger partial charge in [-0.15, -0.1) is 0 Å². The van der Waals surface area contributed by atoms with Crippen LogP contribution < -0.4 is 11.1 Å². The Labute approximate surface area is 201 Å². The van der Waals surface area contributed by atoms with Crippen molar-refractivity contribution < 1.29 is 14.7 Å². The van der Waals surface area contributed by atoms with Gasteiger partial charge in [0.15, 0.2) is 0 Å². The molecule has 34 heavy (non-hydrogen) atoms. The van der Waals surface area contributed by atoms with Crippen LogP contribution in [0.3, 0.4) is 0 Å². The summed E-state index contributed by atoms with van der Waals surface area (Å²) in [5.41, 5.74) is 8.79. The first-order valence-electron chi connectivity index (χ1n) is 10.3. The second-order valence-electron chi connectivity index (χ2n) is 7.41. The van der Waals surface area contributed by atoms with Crippen LogP contribution in [0.15, 0.2) is 53.6 Å². The van der Waals surface area contributed by atoms with Gasteiger partial charge in [0.25, 0.3) is 0 Å². The molecule has 0 saturated heterocycles. The number of hydrogen-bond acceptors (Lipinski definition) is 7. The third-order valence-corrected chi connectivity index (χ3v) is 6.40. The third-order valence-electron chi connectivity index (χ3n) is 5.05. The van der Waals surface area contributed by atoms with Crippen LogP contribution in [0.25, 0.3) is 11.1 Å². The average Bonchev–Trinajstić information content (AvgIpc) is 2.82. The molecule has 0 aliphatic rings. The van der Waals surface area contributed by atoms with Crippen molar-refractivity contribution >= 4 is 35.1 Å². The van der Waals surface area contributed by atoms with Crippen molar-refractivity contribution in [3.05, 3.63) is 70.8 Å². The minimum absolute atomic E-state index is 0.0241. The molecule has 2 aromatic carbocycles. The molecule has 0 saturated carbocycles. The van der Waals surface area contributed by atoms with Gasteiger partial charge in [-0.05, 0) is 37.1 Å². The highest BCUT2D eigenvalue weighted by Crippen LogP contribution is 2.37. The number of hydrogen-bond donors (Lipinski definition) is 3. The molecule has 0 radical (unpaired) electrons. The van der Waals surface area contributed by atoms with Gasteiger partial charge in [-0.1, -0.05) is 54.6 Å². The summed E-state index contributed by atoms with van der Waals surface area (Å²) in [4.78, 5) is 28.4. The van der Waals surface area contributed by atoms with Gasteiger partial charge in [-0.2, -0.15) is 10.5 Å². The van der Waals surface area contributed by atoms with E-state index in [1.807, 2.05) is 32.0 Å². The van der Waals surface area contributed by atoms with E-state index in [-0.39, 0.29) is 33.4 Å². The monoisotopic (exact) mass is 471 g/mol. The summed E-state index contributed by atoms with van der Waals surface area (Å²) in [6.45, 7) is 3.74. The molecule has 8 nitrogen and oxygen atoms in total. The van der Waals surface area contributed by atoms with Gasteiger partial charge in [0.1, 0.15) is 28.5 Å².